The molecule has 0 radical (unpaired) electrons. The molecular weight excluding hydrogens is 208 g/mol. The van der Waals surface area contributed by atoms with Crippen molar-refractivity contribution in [2.45, 2.75) is 38.6 Å². The molecule has 0 aliphatic heterocycles. The molecule has 0 spiro atoms. The molecule has 5 nitrogen and oxygen atoms in total. The Morgan fingerprint density at radius 2 is 2.19 bits per heavy atom. The van der Waals surface area contributed by atoms with Gasteiger partial charge in [0.15, 0.2) is 0 Å². The first-order valence-corrected chi connectivity index (χ1v) is 5.83. The number of aliphatic carboxylic acids is 1. The summed E-state index contributed by atoms with van der Waals surface area (Å²) in [5.41, 5.74) is 5.59. The van der Waals surface area contributed by atoms with E-state index in [2.05, 4.69) is 5.32 Å². The van der Waals surface area contributed by atoms with Gasteiger partial charge in [-0.15, -0.1) is 0 Å². The number of carboxylic acid groups (broad SMARTS) is 1. The number of hydrogen-bond donors (Lipinski definition) is 3. The maximum Gasteiger partial charge on any atom is 0.326 e. The average Bonchev–Trinajstić information content (AvgIpc) is 2.72. The molecule has 5 heteroatoms. The summed E-state index contributed by atoms with van der Waals surface area (Å²) in [5.74, 6) is -1.01. The number of amides is 1. The van der Waals surface area contributed by atoms with Crippen LogP contribution in [-0.4, -0.2) is 29.6 Å². The number of rotatable bonds is 5. The van der Waals surface area contributed by atoms with Gasteiger partial charge in [0.25, 0.3) is 0 Å². The number of nitrogens with two attached hydrogens (primary N) is 1. The molecular formula is C11H20N2O3. The van der Waals surface area contributed by atoms with Crippen molar-refractivity contribution >= 4 is 11.9 Å². The van der Waals surface area contributed by atoms with Crippen molar-refractivity contribution in [1.82, 2.24) is 5.32 Å². The maximum absolute atomic E-state index is 11.9. The summed E-state index contributed by atoms with van der Waals surface area (Å²) in [7, 11) is 0. The van der Waals surface area contributed by atoms with E-state index in [1.807, 2.05) is 0 Å². The Labute approximate surface area is 95.4 Å². The number of nitrogens with one attached hydrogen (secondary N) is 1. The predicted octanol–water partition coefficient (Wildman–Crippen LogP) is 0.341. The molecule has 2 unspecified atom stereocenters. The normalized spacial score (nSPS) is 26.4. The highest BCUT2D eigenvalue weighted by Crippen LogP contribution is 2.31. The number of carbonyl (C=O) groups is 2. The van der Waals surface area contributed by atoms with Crippen LogP contribution in [0.2, 0.25) is 0 Å². The summed E-state index contributed by atoms with van der Waals surface area (Å²) >= 11 is 0. The predicted molar refractivity (Wildman–Crippen MR) is 59.7 cm³/mol. The largest absolute Gasteiger partial charge is 0.480 e. The Morgan fingerprint density at radius 3 is 2.69 bits per heavy atom. The third-order valence-electron chi connectivity index (χ3n) is 3.32. The highest BCUT2D eigenvalue weighted by atomic mass is 16.4. The standard InChI is InChI=1S/C11H20N2O3/c1-2-9(11(15)16)13-10(14)8-5-3-4-7(8)6-12/h7-9H,2-6,12H2,1H3,(H,13,14)(H,15,16)/t7?,8?,9-/m0/s1. The molecule has 0 heterocycles. The van der Waals surface area contributed by atoms with Gasteiger partial charge in [-0.1, -0.05) is 13.3 Å². The smallest absolute Gasteiger partial charge is 0.326 e. The first-order valence-electron chi connectivity index (χ1n) is 5.83. The summed E-state index contributed by atoms with van der Waals surface area (Å²) in [6.45, 7) is 2.25. The maximum atomic E-state index is 11.9. The van der Waals surface area contributed by atoms with Gasteiger partial charge in [-0.05, 0) is 31.7 Å². The first kappa shape index (κ1) is 13.0. The fourth-order valence-electron chi connectivity index (χ4n) is 2.28. The average molecular weight is 228 g/mol. The lowest BCUT2D eigenvalue weighted by Gasteiger charge is -2.20. The van der Waals surface area contributed by atoms with Crippen LogP contribution in [0.4, 0.5) is 0 Å². The summed E-state index contributed by atoms with van der Waals surface area (Å²) in [4.78, 5) is 22.7. The zero-order chi connectivity index (χ0) is 12.1. The highest BCUT2D eigenvalue weighted by Gasteiger charge is 2.33. The van der Waals surface area contributed by atoms with E-state index in [0.29, 0.717) is 13.0 Å². The first-order chi connectivity index (χ1) is 7.60. The Hall–Kier alpha value is -1.10. The number of hydrogen-bond acceptors (Lipinski definition) is 3. The van der Waals surface area contributed by atoms with E-state index >= 15 is 0 Å². The van der Waals surface area contributed by atoms with E-state index in [9.17, 15) is 9.59 Å². The third kappa shape index (κ3) is 2.95. The van der Waals surface area contributed by atoms with Gasteiger partial charge in [0.2, 0.25) is 5.91 Å². The van der Waals surface area contributed by atoms with Gasteiger partial charge < -0.3 is 16.2 Å². The van der Waals surface area contributed by atoms with E-state index in [1.54, 1.807) is 6.92 Å². The van der Waals surface area contributed by atoms with Crippen molar-refractivity contribution in [3.63, 3.8) is 0 Å². The third-order valence-corrected chi connectivity index (χ3v) is 3.32. The van der Waals surface area contributed by atoms with Crippen LogP contribution >= 0.6 is 0 Å². The second kappa shape index (κ2) is 5.84. The molecule has 1 rings (SSSR count). The topological polar surface area (TPSA) is 92.4 Å². The fraction of sp³-hybridized carbons (Fsp3) is 0.818. The fourth-order valence-corrected chi connectivity index (χ4v) is 2.28. The van der Waals surface area contributed by atoms with Gasteiger partial charge in [0.05, 0.1) is 0 Å². The van der Waals surface area contributed by atoms with Crippen LogP contribution in [0.5, 0.6) is 0 Å². The van der Waals surface area contributed by atoms with Gasteiger partial charge in [0.1, 0.15) is 6.04 Å². The Bertz CT molecular complexity index is 268. The van der Waals surface area contributed by atoms with Gasteiger partial charge >= 0.3 is 5.97 Å². The molecule has 0 aromatic carbocycles. The van der Waals surface area contributed by atoms with Crippen molar-refractivity contribution in [2.75, 3.05) is 6.54 Å². The molecule has 1 aliphatic carbocycles. The lowest BCUT2D eigenvalue weighted by molar-refractivity contribution is -0.142. The molecule has 0 aromatic rings. The van der Waals surface area contributed by atoms with Crippen LogP contribution < -0.4 is 11.1 Å². The number of carboxylic acids is 1. The summed E-state index contributed by atoms with van der Waals surface area (Å²) in [6.07, 6.45) is 3.20. The van der Waals surface area contributed by atoms with E-state index in [4.69, 9.17) is 10.8 Å². The van der Waals surface area contributed by atoms with Crippen molar-refractivity contribution in [1.29, 1.82) is 0 Å². The molecule has 16 heavy (non-hydrogen) atoms. The van der Waals surface area contributed by atoms with Crippen molar-refractivity contribution in [3.8, 4) is 0 Å². The van der Waals surface area contributed by atoms with Crippen LogP contribution in [-0.2, 0) is 9.59 Å². The summed E-state index contributed by atoms with van der Waals surface area (Å²) < 4.78 is 0. The molecule has 0 aromatic heterocycles. The van der Waals surface area contributed by atoms with E-state index in [-0.39, 0.29) is 17.7 Å². The van der Waals surface area contributed by atoms with Crippen molar-refractivity contribution in [3.05, 3.63) is 0 Å². The SMILES string of the molecule is CC[C@H](NC(=O)C1CCCC1CN)C(=O)O. The van der Waals surface area contributed by atoms with Gasteiger partial charge in [-0.25, -0.2) is 4.79 Å². The minimum absolute atomic E-state index is 0.0987. The van der Waals surface area contributed by atoms with Crippen LogP contribution in [0.25, 0.3) is 0 Å². The number of carbonyl (C=O) groups excluding carboxylic acids is 1. The van der Waals surface area contributed by atoms with Crippen molar-refractivity contribution in [2.24, 2.45) is 17.6 Å². The van der Waals surface area contributed by atoms with Crippen LogP contribution in [0, 0.1) is 11.8 Å². The Morgan fingerprint density at radius 1 is 1.50 bits per heavy atom. The monoisotopic (exact) mass is 228 g/mol. The molecule has 3 atom stereocenters. The Balaban J connectivity index is 2.54. The second-order valence-electron chi connectivity index (χ2n) is 4.34. The van der Waals surface area contributed by atoms with Crippen LogP contribution in [0.15, 0.2) is 0 Å². The van der Waals surface area contributed by atoms with Gasteiger partial charge in [-0.2, -0.15) is 0 Å². The molecule has 0 saturated heterocycles. The zero-order valence-corrected chi connectivity index (χ0v) is 9.61. The molecule has 1 amide bonds. The van der Waals surface area contributed by atoms with Crippen LogP contribution in [0.3, 0.4) is 0 Å². The molecule has 4 N–H and O–H groups in total. The van der Waals surface area contributed by atoms with Crippen LogP contribution in [0.1, 0.15) is 32.6 Å². The highest BCUT2D eigenvalue weighted by molar-refractivity contribution is 5.85. The van der Waals surface area contributed by atoms with Gasteiger partial charge in [0, 0.05) is 5.92 Å². The van der Waals surface area contributed by atoms with E-state index in [1.165, 1.54) is 0 Å². The molecule has 1 fully saturated rings. The second-order valence-corrected chi connectivity index (χ2v) is 4.34. The molecule has 1 saturated carbocycles. The summed E-state index contributed by atoms with van der Waals surface area (Å²) in [5, 5.41) is 11.4. The zero-order valence-electron chi connectivity index (χ0n) is 9.61. The lowest BCUT2D eigenvalue weighted by Crippen LogP contribution is -2.44. The van der Waals surface area contributed by atoms with Gasteiger partial charge in [-0.3, -0.25) is 4.79 Å². The minimum atomic E-state index is -0.974. The molecule has 0 bridgehead atoms. The lowest BCUT2D eigenvalue weighted by atomic mass is 9.95. The van der Waals surface area contributed by atoms with E-state index < -0.39 is 12.0 Å². The van der Waals surface area contributed by atoms with Crippen molar-refractivity contribution < 1.29 is 14.7 Å². The molecule has 92 valence electrons. The Kier molecular flexibility index (Phi) is 4.73. The summed E-state index contributed by atoms with van der Waals surface area (Å²) in [6, 6.07) is -0.772. The molecule has 1 aliphatic rings. The quantitative estimate of drug-likeness (QED) is 0.632. The minimum Gasteiger partial charge on any atom is -0.480 e. The van der Waals surface area contributed by atoms with E-state index in [0.717, 1.165) is 19.3 Å².